The van der Waals surface area contributed by atoms with E-state index in [0.29, 0.717) is 34.6 Å². The Morgan fingerprint density at radius 2 is 1.89 bits per heavy atom. The lowest BCUT2D eigenvalue weighted by Gasteiger charge is -2.11. The lowest BCUT2D eigenvalue weighted by molar-refractivity contribution is 0.0457. The molecule has 2 aromatic carbocycles. The zero-order chi connectivity index (χ0) is 19.1. The fourth-order valence-corrected chi connectivity index (χ4v) is 2.73. The van der Waals surface area contributed by atoms with Crippen LogP contribution in [0.1, 0.15) is 41.5 Å². The van der Waals surface area contributed by atoms with Crippen LogP contribution >= 0.6 is 0 Å². The Labute approximate surface area is 157 Å². The molecule has 0 radical (unpaired) electrons. The van der Waals surface area contributed by atoms with Crippen molar-refractivity contribution in [3.8, 4) is 17.2 Å². The fraction of sp³-hybridized carbons (Fsp3) is 0.250. The molecule has 7 nitrogen and oxygen atoms in total. The molecule has 0 saturated heterocycles. The molecule has 0 bridgehead atoms. The number of nitrogens with zero attached hydrogens (tertiary/aromatic N) is 5. The Hall–Kier alpha value is -3.53. The quantitative estimate of drug-likeness (QED) is 0.599. The number of carbonyl (C=O) groups is 1. The van der Waals surface area contributed by atoms with Gasteiger partial charge in [-0.25, -0.2) is 9.48 Å². The summed E-state index contributed by atoms with van der Waals surface area (Å²) >= 11 is 0. The average Bonchev–Trinajstić information content (AvgIpc) is 3.17. The highest BCUT2D eigenvalue weighted by Gasteiger charge is 2.17. The van der Waals surface area contributed by atoms with Crippen LogP contribution in [0.5, 0.6) is 0 Å². The number of benzene rings is 2. The lowest BCUT2D eigenvalue weighted by atomic mass is 9.96. The molecule has 0 N–H and O–H groups in total. The maximum absolute atomic E-state index is 12.7. The summed E-state index contributed by atoms with van der Waals surface area (Å²) in [7, 11) is 0. The van der Waals surface area contributed by atoms with Gasteiger partial charge >= 0.3 is 5.97 Å². The van der Waals surface area contributed by atoms with Gasteiger partial charge in [0.2, 0.25) is 0 Å². The number of aryl methyl sites for hydroxylation is 1. The van der Waals surface area contributed by atoms with Gasteiger partial charge in [-0.15, -0.1) is 5.10 Å². The van der Waals surface area contributed by atoms with Crippen LogP contribution in [-0.2, 0) is 17.9 Å². The zero-order valence-electron chi connectivity index (χ0n) is 15.0. The molecule has 0 amide bonds. The molecule has 7 heteroatoms. The molecule has 0 fully saturated rings. The van der Waals surface area contributed by atoms with Gasteiger partial charge in [0.15, 0.2) is 12.4 Å². The summed E-state index contributed by atoms with van der Waals surface area (Å²) in [5.74, 6) is 0.0232. The van der Waals surface area contributed by atoms with Gasteiger partial charge in [-0.05, 0) is 34.5 Å². The average molecular weight is 361 g/mol. The first-order valence-electron chi connectivity index (χ1n) is 8.75. The Morgan fingerprint density at radius 3 is 2.67 bits per heavy atom. The number of hydrogen-bond donors (Lipinski definition) is 0. The minimum Gasteiger partial charge on any atom is -0.454 e. The van der Waals surface area contributed by atoms with Gasteiger partial charge in [0, 0.05) is 12.1 Å². The highest BCUT2D eigenvalue weighted by Crippen LogP contribution is 2.27. The largest absolute Gasteiger partial charge is 0.454 e. The van der Waals surface area contributed by atoms with Crippen molar-refractivity contribution in [1.29, 1.82) is 5.26 Å². The van der Waals surface area contributed by atoms with Gasteiger partial charge in [-0.2, -0.15) is 5.26 Å². The van der Waals surface area contributed by atoms with Crippen molar-refractivity contribution in [2.24, 2.45) is 0 Å². The van der Waals surface area contributed by atoms with Crippen LogP contribution in [0.3, 0.4) is 0 Å². The van der Waals surface area contributed by atoms with E-state index in [1.165, 1.54) is 0 Å². The van der Waals surface area contributed by atoms with Gasteiger partial charge in [-0.3, -0.25) is 0 Å². The van der Waals surface area contributed by atoms with Crippen molar-refractivity contribution in [1.82, 2.24) is 20.2 Å². The summed E-state index contributed by atoms with van der Waals surface area (Å²) < 4.78 is 7.09. The van der Waals surface area contributed by atoms with Crippen LogP contribution < -0.4 is 0 Å². The normalized spacial score (nSPS) is 10.4. The van der Waals surface area contributed by atoms with E-state index in [0.717, 1.165) is 12.8 Å². The third-order valence-corrected chi connectivity index (χ3v) is 4.15. The number of rotatable bonds is 7. The van der Waals surface area contributed by atoms with Gasteiger partial charge < -0.3 is 4.74 Å². The standard InChI is InChI=1S/C20H19N5O2/c1-2-3-12-25-19(22-23-24-25)14-27-20(26)18-11-7-6-10-17(18)16-9-5-4-8-15(16)13-21/h4-11H,2-3,12,14H2,1H3. The van der Waals surface area contributed by atoms with Crippen molar-refractivity contribution in [3.63, 3.8) is 0 Å². The molecule has 3 aromatic rings. The molecule has 0 spiro atoms. The lowest BCUT2D eigenvalue weighted by Crippen LogP contribution is -2.12. The number of unbranched alkanes of at least 4 members (excludes halogenated alkanes) is 1. The zero-order valence-corrected chi connectivity index (χ0v) is 15.0. The molecule has 0 aliphatic heterocycles. The van der Waals surface area contributed by atoms with E-state index in [-0.39, 0.29) is 6.61 Å². The van der Waals surface area contributed by atoms with Crippen LogP contribution in [0.2, 0.25) is 0 Å². The molecule has 0 unspecified atom stereocenters. The number of aromatic nitrogens is 4. The van der Waals surface area contributed by atoms with Gasteiger partial charge in [0.1, 0.15) is 0 Å². The predicted octanol–water partition coefficient (Wildman–Crippen LogP) is 3.37. The van der Waals surface area contributed by atoms with E-state index in [9.17, 15) is 10.1 Å². The monoisotopic (exact) mass is 361 g/mol. The van der Waals surface area contributed by atoms with E-state index >= 15 is 0 Å². The molecular formula is C20H19N5O2. The summed E-state index contributed by atoms with van der Waals surface area (Å²) in [6.07, 6.45) is 1.96. The Bertz CT molecular complexity index is 974. The highest BCUT2D eigenvalue weighted by molar-refractivity contribution is 5.98. The van der Waals surface area contributed by atoms with Crippen LogP contribution in [0.4, 0.5) is 0 Å². The molecule has 0 atom stereocenters. The topological polar surface area (TPSA) is 93.7 Å². The van der Waals surface area contributed by atoms with Crippen molar-refractivity contribution in [2.45, 2.75) is 32.9 Å². The first-order chi connectivity index (χ1) is 13.2. The summed E-state index contributed by atoms with van der Waals surface area (Å²) in [5.41, 5.74) is 2.25. The Kier molecular flexibility index (Phi) is 5.90. The number of carbonyl (C=O) groups excluding carboxylic acids is 1. The first kappa shape index (κ1) is 18.3. The van der Waals surface area contributed by atoms with E-state index < -0.39 is 5.97 Å². The summed E-state index contributed by atoms with van der Waals surface area (Å²) in [5, 5.41) is 20.8. The summed E-state index contributed by atoms with van der Waals surface area (Å²) in [6.45, 7) is 2.76. The van der Waals surface area contributed by atoms with Crippen molar-refractivity contribution in [2.75, 3.05) is 0 Å². The minimum absolute atomic E-state index is 0.0101. The smallest absolute Gasteiger partial charge is 0.339 e. The van der Waals surface area contributed by atoms with E-state index in [1.54, 1.807) is 35.0 Å². The second-order valence-corrected chi connectivity index (χ2v) is 5.95. The maximum atomic E-state index is 12.7. The molecule has 3 rings (SSSR count). The molecular weight excluding hydrogens is 342 g/mol. The third-order valence-electron chi connectivity index (χ3n) is 4.15. The summed E-state index contributed by atoms with van der Waals surface area (Å²) in [6, 6.07) is 16.4. The Morgan fingerprint density at radius 1 is 1.15 bits per heavy atom. The second-order valence-electron chi connectivity index (χ2n) is 5.95. The van der Waals surface area contributed by atoms with Crippen LogP contribution in [-0.4, -0.2) is 26.2 Å². The fourth-order valence-electron chi connectivity index (χ4n) is 2.73. The SMILES string of the molecule is CCCCn1nnnc1COC(=O)c1ccccc1-c1ccccc1C#N. The van der Waals surface area contributed by atoms with E-state index in [1.807, 2.05) is 18.2 Å². The van der Waals surface area contributed by atoms with Crippen LogP contribution in [0, 0.1) is 11.3 Å². The molecule has 1 heterocycles. The van der Waals surface area contributed by atoms with Gasteiger partial charge in [-0.1, -0.05) is 49.7 Å². The second kappa shape index (κ2) is 8.72. The molecule has 1 aromatic heterocycles. The van der Waals surface area contributed by atoms with Crippen LogP contribution in [0.25, 0.3) is 11.1 Å². The van der Waals surface area contributed by atoms with Crippen molar-refractivity contribution < 1.29 is 9.53 Å². The third kappa shape index (κ3) is 4.18. The highest BCUT2D eigenvalue weighted by atomic mass is 16.5. The number of nitriles is 1. The number of tetrazole rings is 1. The summed E-state index contributed by atoms with van der Waals surface area (Å²) in [4.78, 5) is 12.7. The maximum Gasteiger partial charge on any atom is 0.339 e. The number of hydrogen-bond acceptors (Lipinski definition) is 6. The molecule has 0 aliphatic rings. The van der Waals surface area contributed by atoms with E-state index in [2.05, 4.69) is 28.5 Å². The number of esters is 1. The van der Waals surface area contributed by atoms with Crippen molar-refractivity contribution >= 4 is 5.97 Å². The molecule has 0 aliphatic carbocycles. The van der Waals surface area contributed by atoms with Gasteiger partial charge in [0.25, 0.3) is 0 Å². The van der Waals surface area contributed by atoms with Crippen LogP contribution in [0.15, 0.2) is 48.5 Å². The van der Waals surface area contributed by atoms with Gasteiger partial charge in [0.05, 0.1) is 17.2 Å². The van der Waals surface area contributed by atoms with E-state index in [4.69, 9.17) is 4.74 Å². The Balaban J connectivity index is 1.81. The molecule has 0 saturated carbocycles. The number of ether oxygens (including phenoxy) is 1. The van der Waals surface area contributed by atoms with Crippen molar-refractivity contribution in [3.05, 3.63) is 65.5 Å². The first-order valence-corrected chi connectivity index (χ1v) is 8.75. The molecule has 27 heavy (non-hydrogen) atoms. The molecule has 136 valence electrons. The minimum atomic E-state index is -0.483. The predicted molar refractivity (Wildman–Crippen MR) is 98.4 cm³/mol.